The quantitative estimate of drug-likeness (QED) is 0.320. The molecule has 9 heteroatoms. The number of thiazole rings is 1. The third-order valence-electron chi connectivity index (χ3n) is 6.04. The number of fused-ring (bicyclic) bond motifs is 1. The zero-order chi connectivity index (χ0) is 25.5. The fourth-order valence-corrected chi connectivity index (χ4v) is 6.18. The van der Waals surface area contributed by atoms with Crippen molar-refractivity contribution in [1.29, 1.82) is 0 Å². The largest absolute Gasteiger partial charge is 0.495 e. The molecule has 0 radical (unpaired) electrons. The van der Waals surface area contributed by atoms with Crippen LogP contribution in [0.15, 0.2) is 41.3 Å². The van der Waals surface area contributed by atoms with Crippen LogP contribution < -0.4 is 14.4 Å². The second kappa shape index (κ2) is 12.8. The summed E-state index contributed by atoms with van der Waals surface area (Å²) in [6.45, 7) is 9.29. The number of morpholine rings is 1. The van der Waals surface area contributed by atoms with Crippen molar-refractivity contribution in [2.24, 2.45) is 0 Å². The number of nitrogens with zero attached hydrogens (tertiary/aromatic N) is 3. The number of rotatable bonds is 11. The zero-order valence-electron chi connectivity index (χ0n) is 21.5. The Labute approximate surface area is 221 Å². The summed E-state index contributed by atoms with van der Waals surface area (Å²) in [5.41, 5.74) is 1.72. The minimum atomic E-state index is 0.0400. The lowest BCUT2D eigenvalue weighted by Gasteiger charge is -2.27. The number of hydrogen-bond acceptors (Lipinski definition) is 8. The second-order valence-electron chi connectivity index (χ2n) is 8.98. The molecule has 1 saturated heterocycles. The summed E-state index contributed by atoms with van der Waals surface area (Å²) < 4.78 is 17.5. The van der Waals surface area contributed by atoms with Gasteiger partial charge in [0.1, 0.15) is 21.7 Å². The lowest BCUT2D eigenvalue weighted by molar-refractivity contribution is -0.118. The molecule has 2 aromatic carbocycles. The first-order valence-electron chi connectivity index (χ1n) is 12.4. The van der Waals surface area contributed by atoms with Gasteiger partial charge in [0, 0.05) is 36.3 Å². The highest BCUT2D eigenvalue weighted by molar-refractivity contribution is 7.99. The first-order chi connectivity index (χ1) is 17.5. The molecule has 0 unspecified atom stereocenters. The Morgan fingerprint density at radius 3 is 2.47 bits per heavy atom. The summed E-state index contributed by atoms with van der Waals surface area (Å²) in [7, 11) is 3.28. The average Bonchev–Trinajstić information content (AvgIpc) is 3.32. The van der Waals surface area contributed by atoms with Crippen LogP contribution in [0.5, 0.6) is 11.5 Å². The van der Waals surface area contributed by atoms with E-state index in [2.05, 4.69) is 43.0 Å². The molecule has 4 rings (SSSR count). The standard InChI is InChI=1S/C27H35N3O4S2/c1-19(2)35-21-8-6-20(7-9-21)18-24(31)30(13-5-12-29-14-16-34-17-15-29)27-28-25-22(32-3)10-11-23(33-4)26(25)36-27/h6-11,19H,5,12-18H2,1-4H3. The van der Waals surface area contributed by atoms with Crippen molar-refractivity contribution in [3.8, 4) is 11.5 Å². The van der Waals surface area contributed by atoms with Crippen molar-refractivity contribution in [2.75, 3.05) is 58.5 Å². The Bertz CT molecular complexity index is 1100. The van der Waals surface area contributed by atoms with E-state index < -0.39 is 0 Å². The van der Waals surface area contributed by atoms with Gasteiger partial charge in [0.25, 0.3) is 0 Å². The smallest absolute Gasteiger partial charge is 0.233 e. The van der Waals surface area contributed by atoms with Crippen LogP contribution in [0, 0.1) is 0 Å². The van der Waals surface area contributed by atoms with Gasteiger partial charge in [-0.3, -0.25) is 14.6 Å². The first-order valence-corrected chi connectivity index (χ1v) is 14.1. The molecule has 36 heavy (non-hydrogen) atoms. The van der Waals surface area contributed by atoms with Crippen LogP contribution in [0.3, 0.4) is 0 Å². The number of carbonyl (C=O) groups excluding carboxylic acids is 1. The van der Waals surface area contributed by atoms with Crippen molar-refractivity contribution in [3.63, 3.8) is 0 Å². The van der Waals surface area contributed by atoms with Crippen LogP contribution in [-0.2, 0) is 16.0 Å². The summed E-state index contributed by atoms with van der Waals surface area (Å²) in [4.78, 5) is 23.9. The van der Waals surface area contributed by atoms with Crippen LogP contribution in [0.2, 0.25) is 0 Å². The van der Waals surface area contributed by atoms with E-state index in [0.29, 0.717) is 29.1 Å². The Hall–Kier alpha value is -2.33. The number of thioether (sulfide) groups is 1. The van der Waals surface area contributed by atoms with Gasteiger partial charge < -0.3 is 14.2 Å². The number of benzene rings is 2. The van der Waals surface area contributed by atoms with E-state index in [-0.39, 0.29) is 5.91 Å². The van der Waals surface area contributed by atoms with E-state index in [9.17, 15) is 4.79 Å². The fourth-order valence-electron chi connectivity index (χ4n) is 4.22. The average molecular weight is 530 g/mol. The normalized spacial score (nSPS) is 14.4. The minimum Gasteiger partial charge on any atom is -0.495 e. The molecule has 1 fully saturated rings. The number of ether oxygens (including phenoxy) is 3. The summed E-state index contributed by atoms with van der Waals surface area (Å²) in [6.07, 6.45) is 1.19. The van der Waals surface area contributed by atoms with Crippen LogP contribution in [0.4, 0.5) is 5.13 Å². The molecule has 0 N–H and O–H groups in total. The summed E-state index contributed by atoms with van der Waals surface area (Å²) in [6, 6.07) is 12.0. The van der Waals surface area contributed by atoms with Gasteiger partial charge in [-0.2, -0.15) is 0 Å². The topological polar surface area (TPSA) is 64.1 Å². The third kappa shape index (κ3) is 6.70. The molecule has 7 nitrogen and oxygen atoms in total. The number of amides is 1. The molecule has 2 heterocycles. The Kier molecular flexibility index (Phi) is 9.47. The molecule has 1 aliphatic heterocycles. The van der Waals surface area contributed by atoms with Crippen LogP contribution in [0.25, 0.3) is 10.2 Å². The van der Waals surface area contributed by atoms with Crippen molar-refractivity contribution in [3.05, 3.63) is 42.0 Å². The Morgan fingerprint density at radius 2 is 1.81 bits per heavy atom. The number of aromatic nitrogens is 1. The van der Waals surface area contributed by atoms with Crippen molar-refractivity contribution >= 4 is 44.4 Å². The highest BCUT2D eigenvalue weighted by Crippen LogP contribution is 2.40. The number of carbonyl (C=O) groups is 1. The molecule has 0 aliphatic carbocycles. The van der Waals surface area contributed by atoms with Crippen LogP contribution in [-0.4, -0.2) is 74.7 Å². The van der Waals surface area contributed by atoms with Crippen molar-refractivity contribution in [2.45, 2.75) is 36.8 Å². The van der Waals surface area contributed by atoms with E-state index in [4.69, 9.17) is 19.2 Å². The lowest BCUT2D eigenvalue weighted by Crippen LogP contribution is -2.39. The lowest BCUT2D eigenvalue weighted by atomic mass is 10.1. The van der Waals surface area contributed by atoms with E-state index >= 15 is 0 Å². The molecule has 1 aliphatic rings. The molecule has 194 valence electrons. The van der Waals surface area contributed by atoms with Gasteiger partial charge in [-0.1, -0.05) is 37.3 Å². The summed E-state index contributed by atoms with van der Waals surface area (Å²) >= 11 is 3.29. The van der Waals surface area contributed by atoms with Crippen LogP contribution >= 0.6 is 23.1 Å². The summed E-state index contributed by atoms with van der Waals surface area (Å²) in [5, 5.41) is 1.19. The van der Waals surface area contributed by atoms with E-state index in [1.54, 1.807) is 14.2 Å². The second-order valence-corrected chi connectivity index (χ2v) is 11.6. The Morgan fingerprint density at radius 1 is 1.11 bits per heavy atom. The number of anilines is 1. The predicted molar refractivity (Wildman–Crippen MR) is 148 cm³/mol. The van der Waals surface area contributed by atoms with Gasteiger partial charge in [0.15, 0.2) is 5.13 Å². The molecule has 0 spiro atoms. The van der Waals surface area contributed by atoms with E-state index in [1.807, 2.05) is 28.8 Å². The van der Waals surface area contributed by atoms with Gasteiger partial charge in [-0.25, -0.2) is 4.98 Å². The van der Waals surface area contributed by atoms with Gasteiger partial charge in [0.05, 0.1) is 33.9 Å². The van der Waals surface area contributed by atoms with Gasteiger partial charge in [-0.15, -0.1) is 11.8 Å². The molecule has 3 aromatic rings. The highest BCUT2D eigenvalue weighted by Gasteiger charge is 2.23. The first kappa shape index (κ1) is 26.7. The predicted octanol–water partition coefficient (Wildman–Crippen LogP) is 5.11. The molecule has 0 bridgehead atoms. The monoisotopic (exact) mass is 529 g/mol. The zero-order valence-corrected chi connectivity index (χ0v) is 23.1. The number of hydrogen-bond donors (Lipinski definition) is 0. The molecular formula is C27H35N3O4S2. The molecular weight excluding hydrogens is 494 g/mol. The molecule has 1 aromatic heterocycles. The van der Waals surface area contributed by atoms with Crippen LogP contribution in [0.1, 0.15) is 25.8 Å². The molecule has 0 atom stereocenters. The fraction of sp³-hybridized carbons (Fsp3) is 0.481. The SMILES string of the molecule is COc1ccc(OC)c2sc(N(CCCN3CCOCC3)C(=O)Cc3ccc(SC(C)C)cc3)nc12. The maximum absolute atomic E-state index is 13.6. The van der Waals surface area contributed by atoms with Gasteiger partial charge in [-0.05, 0) is 36.2 Å². The maximum Gasteiger partial charge on any atom is 0.233 e. The van der Waals surface area contributed by atoms with Crippen molar-refractivity contribution < 1.29 is 19.0 Å². The van der Waals surface area contributed by atoms with E-state index in [0.717, 1.165) is 60.8 Å². The highest BCUT2D eigenvalue weighted by atomic mass is 32.2. The number of methoxy groups -OCH3 is 2. The maximum atomic E-state index is 13.6. The van der Waals surface area contributed by atoms with Crippen molar-refractivity contribution in [1.82, 2.24) is 9.88 Å². The third-order valence-corrected chi connectivity index (χ3v) is 8.15. The van der Waals surface area contributed by atoms with Gasteiger partial charge >= 0.3 is 0 Å². The molecule has 0 saturated carbocycles. The minimum absolute atomic E-state index is 0.0400. The molecule has 1 amide bonds. The summed E-state index contributed by atoms with van der Waals surface area (Å²) in [5.74, 6) is 1.44. The van der Waals surface area contributed by atoms with E-state index in [1.165, 1.54) is 16.2 Å². The van der Waals surface area contributed by atoms with Gasteiger partial charge in [0.2, 0.25) is 5.91 Å². The Balaban J connectivity index is 1.56.